The number of amides is 1. The number of anilines is 1. The number of carbonyl (C=O) groups excluding carboxylic acids is 1. The molecule has 2 heterocycles. The molecule has 1 unspecified atom stereocenters. The molecule has 1 amide bonds. The van der Waals surface area contributed by atoms with Gasteiger partial charge in [0.2, 0.25) is 5.91 Å². The number of aryl methyl sites for hydroxylation is 1. The van der Waals surface area contributed by atoms with Crippen molar-refractivity contribution in [3.8, 4) is 0 Å². The normalized spacial score (nSPS) is 12.8. The summed E-state index contributed by atoms with van der Waals surface area (Å²) in [7, 11) is -4.06. The lowest BCUT2D eigenvalue weighted by Gasteiger charge is -2.11. The highest BCUT2D eigenvalue weighted by molar-refractivity contribution is 9.10. The number of hydrogen-bond acceptors (Lipinski definition) is 5. The van der Waals surface area contributed by atoms with Crippen molar-refractivity contribution in [2.75, 3.05) is 5.32 Å². The van der Waals surface area contributed by atoms with Crippen molar-refractivity contribution in [3.63, 3.8) is 0 Å². The molecule has 0 radical (unpaired) electrons. The van der Waals surface area contributed by atoms with Crippen LogP contribution in [0.25, 0.3) is 10.9 Å². The molecule has 0 fully saturated rings. The van der Waals surface area contributed by atoms with Crippen LogP contribution in [0.5, 0.6) is 0 Å². The predicted molar refractivity (Wildman–Crippen MR) is 122 cm³/mol. The number of para-hydroxylation sites is 1. The zero-order valence-electron chi connectivity index (χ0n) is 17.2. The van der Waals surface area contributed by atoms with E-state index >= 15 is 0 Å². The van der Waals surface area contributed by atoms with Crippen LogP contribution in [0.4, 0.5) is 10.2 Å². The molecule has 32 heavy (non-hydrogen) atoms. The van der Waals surface area contributed by atoms with Crippen LogP contribution in [0.3, 0.4) is 0 Å². The Kier molecular flexibility index (Phi) is 5.91. The van der Waals surface area contributed by atoms with Gasteiger partial charge in [0.1, 0.15) is 16.8 Å². The smallest absolute Gasteiger partial charge is 0.244 e. The summed E-state index contributed by atoms with van der Waals surface area (Å²) in [6.45, 7) is 3.10. The lowest BCUT2D eigenvalue weighted by molar-refractivity contribution is -0.115. The van der Waals surface area contributed by atoms with Crippen LogP contribution in [0.2, 0.25) is 0 Å². The maximum absolute atomic E-state index is 14.3. The molecule has 0 bridgehead atoms. The number of hydrogen-bond donors (Lipinski definition) is 1. The zero-order chi connectivity index (χ0) is 23.0. The Bertz CT molecular complexity index is 1430. The van der Waals surface area contributed by atoms with E-state index in [1.165, 1.54) is 25.3 Å². The van der Waals surface area contributed by atoms with E-state index in [-0.39, 0.29) is 17.3 Å². The molecule has 0 aliphatic rings. The average molecular weight is 520 g/mol. The van der Waals surface area contributed by atoms with Crippen molar-refractivity contribution in [3.05, 3.63) is 76.3 Å². The van der Waals surface area contributed by atoms with E-state index in [9.17, 15) is 17.6 Å². The van der Waals surface area contributed by atoms with Gasteiger partial charge in [0.05, 0.1) is 11.4 Å². The first kappa shape index (κ1) is 22.2. The number of nitrogens with one attached hydrogen (secondary N) is 1. The van der Waals surface area contributed by atoms with Crippen molar-refractivity contribution in [2.45, 2.75) is 30.5 Å². The van der Waals surface area contributed by atoms with Gasteiger partial charge in [-0.1, -0.05) is 39.3 Å². The van der Waals surface area contributed by atoms with E-state index in [4.69, 9.17) is 4.52 Å². The molecule has 0 saturated carbocycles. The number of halogens is 2. The fraction of sp³-hybridized carbons (Fsp3) is 0.182. The summed E-state index contributed by atoms with van der Waals surface area (Å²) >= 11 is 3.33. The van der Waals surface area contributed by atoms with Crippen LogP contribution in [-0.2, 0) is 21.2 Å². The van der Waals surface area contributed by atoms with Gasteiger partial charge in [-0.05, 0) is 38.1 Å². The lowest BCUT2D eigenvalue weighted by atomic mass is 10.2. The second kappa shape index (κ2) is 8.51. The third-order valence-corrected chi connectivity index (χ3v) is 7.70. The molecule has 1 atom stereocenters. The van der Waals surface area contributed by atoms with Gasteiger partial charge in [0, 0.05) is 33.2 Å². The van der Waals surface area contributed by atoms with Crippen LogP contribution in [-0.4, -0.2) is 29.3 Å². The number of aromatic nitrogens is 2. The molecular formula is C22H19BrFN3O4S. The molecule has 166 valence electrons. The van der Waals surface area contributed by atoms with Crippen LogP contribution in [0, 0.1) is 12.7 Å². The highest BCUT2D eigenvalue weighted by atomic mass is 79.9. The Morgan fingerprint density at radius 3 is 2.72 bits per heavy atom. The molecular weight excluding hydrogens is 501 g/mol. The van der Waals surface area contributed by atoms with E-state index in [1.54, 1.807) is 47.9 Å². The summed E-state index contributed by atoms with van der Waals surface area (Å²) < 4.78 is 48.3. The maximum atomic E-state index is 14.3. The average Bonchev–Trinajstić information content (AvgIpc) is 3.34. The second-order valence-corrected chi connectivity index (χ2v) is 10.5. The van der Waals surface area contributed by atoms with Crippen LogP contribution >= 0.6 is 15.9 Å². The van der Waals surface area contributed by atoms with Gasteiger partial charge in [-0.2, -0.15) is 0 Å². The summed E-state index contributed by atoms with van der Waals surface area (Å²) in [5, 5.41) is 5.20. The molecule has 2 aromatic heterocycles. The Hall–Kier alpha value is -2.98. The molecule has 0 aliphatic heterocycles. The highest BCUT2D eigenvalue weighted by Gasteiger charge is 2.33. The van der Waals surface area contributed by atoms with Crippen molar-refractivity contribution >= 4 is 48.4 Å². The minimum Gasteiger partial charge on any atom is -0.360 e. The van der Waals surface area contributed by atoms with Gasteiger partial charge in [0.25, 0.3) is 0 Å². The topological polar surface area (TPSA) is 94.2 Å². The number of rotatable bonds is 6. The number of fused-ring (bicyclic) bond motifs is 1. The lowest BCUT2D eigenvalue weighted by Crippen LogP contribution is -2.32. The van der Waals surface area contributed by atoms with Crippen molar-refractivity contribution in [2.24, 2.45) is 0 Å². The summed E-state index contributed by atoms with van der Waals surface area (Å²) in [6.07, 6.45) is 1.45. The van der Waals surface area contributed by atoms with E-state index in [2.05, 4.69) is 26.4 Å². The number of carbonyl (C=O) groups is 1. The predicted octanol–water partition coefficient (Wildman–Crippen LogP) is 4.69. The van der Waals surface area contributed by atoms with Crippen molar-refractivity contribution in [1.29, 1.82) is 0 Å². The summed E-state index contributed by atoms with van der Waals surface area (Å²) in [4.78, 5) is 12.6. The third-order valence-electron chi connectivity index (χ3n) is 5.12. The fourth-order valence-electron chi connectivity index (χ4n) is 3.40. The van der Waals surface area contributed by atoms with Gasteiger partial charge in [-0.3, -0.25) is 4.79 Å². The van der Waals surface area contributed by atoms with Crippen LogP contribution < -0.4 is 5.32 Å². The molecule has 4 aromatic rings. The van der Waals surface area contributed by atoms with E-state index < -0.39 is 26.8 Å². The Morgan fingerprint density at radius 1 is 1.25 bits per heavy atom. The number of benzene rings is 2. The Labute approximate surface area is 192 Å². The summed E-state index contributed by atoms with van der Waals surface area (Å²) in [6, 6.07) is 13.0. The van der Waals surface area contributed by atoms with E-state index in [0.29, 0.717) is 26.7 Å². The zero-order valence-corrected chi connectivity index (χ0v) is 19.6. The SMILES string of the molecule is Cc1cc(NC(=O)C(C)S(=O)(=O)c2cn(Cc3cc(Br)ccc3F)c3ccccc23)no1. The molecule has 0 aliphatic carbocycles. The van der Waals surface area contributed by atoms with Crippen LogP contribution in [0.1, 0.15) is 18.2 Å². The van der Waals surface area contributed by atoms with Gasteiger partial charge < -0.3 is 14.4 Å². The largest absolute Gasteiger partial charge is 0.360 e. The molecule has 4 rings (SSSR count). The van der Waals surface area contributed by atoms with Gasteiger partial charge in [-0.15, -0.1) is 0 Å². The first-order valence-electron chi connectivity index (χ1n) is 9.66. The number of sulfone groups is 1. The molecule has 0 saturated heterocycles. The highest BCUT2D eigenvalue weighted by Crippen LogP contribution is 2.30. The summed E-state index contributed by atoms with van der Waals surface area (Å²) in [5.74, 6) is -0.500. The van der Waals surface area contributed by atoms with Gasteiger partial charge in [-0.25, -0.2) is 12.8 Å². The van der Waals surface area contributed by atoms with E-state index in [0.717, 1.165) is 0 Å². The molecule has 7 nitrogen and oxygen atoms in total. The monoisotopic (exact) mass is 519 g/mol. The standard InChI is InChI=1S/C22H19BrFN3O4S/c1-13-9-21(26-31-13)25-22(28)14(2)32(29,30)20-12-27(19-6-4-3-5-17(19)20)11-15-10-16(23)7-8-18(15)24/h3-10,12,14H,11H2,1-2H3,(H,25,26,28). The van der Waals surface area contributed by atoms with Crippen molar-refractivity contribution < 1.29 is 22.1 Å². The first-order chi connectivity index (χ1) is 15.2. The first-order valence-corrected chi connectivity index (χ1v) is 12.0. The molecule has 1 N–H and O–H groups in total. The minimum atomic E-state index is -4.06. The molecule has 10 heteroatoms. The van der Waals surface area contributed by atoms with Gasteiger partial charge >= 0.3 is 0 Å². The minimum absolute atomic E-state index is 0.00230. The van der Waals surface area contributed by atoms with Crippen molar-refractivity contribution in [1.82, 2.24) is 9.72 Å². The summed E-state index contributed by atoms with van der Waals surface area (Å²) in [5.41, 5.74) is 1.02. The molecule has 0 spiro atoms. The third kappa shape index (κ3) is 4.20. The number of nitrogens with zero attached hydrogens (tertiary/aromatic N) is 2. The maximum Gasteiger partial charge on any atom is 0.244 e. The van der Waals surface area contributed by atoms with Gasteiger partial charge in [0.15, 0.2) is 15.7 Å². The van der Waals surface area contributed by atoms with Crippen LogP contribution in [0.15, 0.2) is 68.6 Å². The molecule has 2 aromatic carbocycles. The quantitative estimate of drug-likeness (QED) is 0.398. The Morgan fingerprint density at radius 2 is 2.00 bits per heavy atom. The Balaban J connectivity index is 1.72. The second-order valence-electron chi connectivity index (χ2n) is 7.37. The van der Waals surface area contributed by atoms with E-state index in [1.807, 2.05) is 0 Å². The fourth-order valence-corrected chi connectivity index (χ4v) is 5.29.